The van der Waals surface area contributed by atoms with Crippen molar-refractivity contribution >= 4 is 34.8 Å². The maximum absolute atomic E-state index is 13.7. The normalized spacial score (nSPS) is 16.8. The van der Waals surface area contributed by atoms with Gasteiger partial charge in [-0.15, -0.1) is 0 Å². The van der Waals surface area contributed by atoms with E-state index in [-0.39, 0.29) is 17.7 Å². The first-order valence-corrected chi connectivity index (χ1v) is 17.0. The Morgan fingerprint density at radius 2 is 0.667 bits per heavy atom. The minimum absolute atomic E-state index is 0.262. The molecule has 0 radical (unpaired) electrons. The molecule has 3 aromatic carbocycles. The van der Waals surface area contributed by atoms with E-state index in [0.29, 0.717) is 36.3 Å². The van der Waals surface area contributed by atoms with Gasteiger partial charge in [0.1, 0.15) is 0 Å². The molecule has 6 aromatic rings. The summed E-state index contributed by atoms with van der Waals surface area (Å²) in [6.07, 6.45) is 5.74. The molecule has 1 aliphatic carbocycles. The van der Waals surface area contributed by atoms with Crippen LogP contribution in [-0.2, 0) is 14.4 Å². The molecule has 3 heterocycles. The smallest absolute Gasteiger partial charge is 0.227 e. The summed E-state index contributed by atoms with van der Waals surface area (Å²) in [5.74, 6) is -2.55. The summed E-state index contributed by atoms with van der Waals surface area (Å²) in [5.41, 5.74) is 6.91. The first-order valence-electron chi connectivity index (χ1n) is 17.0. The quantitative estimate of drug-likeness (QED) is 0.142. The van der Waals surface area contributed by atoms with Crippen LogP contribution in [0.3, 0.4) is 0 Å². The molecule has 51 heavy (non-hydrogen) atoms. The van der Waals surface area contributed by atoms with E-state index < -0.39 is 17.8 Å². The molecule has 0 spiro atoms. The number of nitrogens with zero attached hydrogens (tertiary/aromatic N) is 3. The van der Waals surface area contributed by atoms with Crippen molar-refractivity contribution in [1.29, 1.82) is 0 Å². The zero-order chi connectivity index (χ0) is 35.0. The Bertz CT molecular complexity index is 1840. The average Bonchev–Trinajstić information content (AvgIpc) is 3.19. The number of anilines is 3. The molecule has 1 fully saturated rings. The van der Waals surface area contributed by atoms with Gasteiger partial charge in [0.05, 0.1) is 52.7 Å². The van der Waals surface area contributed by atoms with Crippen molar-refractivity contribution < 1.29 is 14.4 Å². The lowest BCUT2D eigenvalue weighted by Gasteiger charge is -2.33. The standard InChI is InChI=1S/C42H36N6O3/c49-40(46-34-16-19-37(43-25-34)28-10-4-1-5-11-28)31-22-32(41(50)47-35-17-20-38(44-26-35)29-12-6-2-7-13-29)24-33(23-31)42(51)48-36-18-21-39(45-27-36)30-14-8-3-9-15-30/h1-21,25-27,31-33H,22-24H2,(H,46,49)(H,47,50)(H,48,51). The van der Waals surface area contributed by atoms with E-state index in [1.54, 1.807) is 18.6 Å². The van der Waals surface area contributed by atoms with Crippen molar-refractivity contribution in [2.24, 2.45) is 17.8 Å². The lowest BCUT2D eigenvalue weighted by Crippen LogP contribution is -2.40. The van der Waals surface area contributed by atoms with Crippen LogP contribution in [0.5, 0.6) is 0 Å². The zero-order valence-corrected chi connectivity index (χ0v) is 27.8. The predicted molar refractivity (Wildman–Crippen MR) is 199 cm³/mol. The molecule has 252 valence electrons. The third kappa shape index (κ3) is 8.22. The molecule has 3 aromatic heterocycles. The maximum Gasteiger partial charge on any atom is 0.227 e. The monoisotopic (exact) mass is 672 g/mol. The number of rotatable bonds is 9. The van der Waals surface area contributed by atoms with Gasteiger partial charge in [0.2, 0.25) is 17.7 Å². The number of nitrogens with one attached hydrogen (secondary N) is 3. The third-order valence-electron chi connectivity index (χ3n) is 9.12. The molecule has 3 N–H and O–H groups in total. The van der Waals surface area contributed by atoms with Crippen molar-refractivity contribution in [2.75, 3.05) is 16.0 Å². The van der Waals surface area contributed by atoms with Crippen molar-refractivity contribution in [1.82, 2.24) is 15.0 Å². The molecule has 9 heteroatoms. The fraction of sp³-hybridized carbons (Fsp3) is 0.143. The van der Waals surface area contributed by atoms with Gasteiger partial charge in [-0.3, -0.25) is 29.3 Å². The molecule has 0 bridgehead atoms. The van der Waals surface area contributed by atoms with Crippen molar-refractivity contribution in [3.05, 3.63) is 146 Å². The fourth-order valence-electron chi connectivity index (χ4n) is 6.44. The second-order valence-electron chi connectivity index (χ2n) is 12.7. The van der Waals surface area contributed by atoms with Crippen LogP contribution in [0.1, 0.15) is 19.3 Å². The van der Waals surface area contributed by atoms with Gasteiger partial charge in [0.15, 0.2) is 0 Å². The van der Waals surface area contributed by atoms with Crippen LogP contribution in [0.25, 0.3) is 33.8 Å². The highest BCUT2D eigenvalue weighted by molar-refractivity contribution is 5.98. The summed E-state index contributed by atoms with van der Waals surface area (Å²) < 4.78 is 0. The molecular formula is C42H36N6O3. The fourth-order valence-corrected chi connectivity index (χ4v) is 6.44. The van der Waals surface area contributed by atoms with Crippen LogP contribution < -0.4 is 16.0 Å². The van der Waals surface area contributed by atoms with Gasteiger partial charge in [0.25, 0.3) is 0 Å². The third-order valence-corrected chi connectivity index (χ3v) is 9.12. The van der Waals surface area contributed by atoms with E-state index >= 15 is 0 Å². The summed E-state index contributed by atoms with van der Waals surface area (Å²) in [7, 11) is 0. The van der Waals surface area contributed by atoms with Gasteiger partial charge in [0, 0.05) is 34.4 Å². The van der Waals surface area contributed by atoms with Gasteiger partial charge < -0.3 is 16.0 Å². The van der Waals surface area contributed by atoms with Crippen molar-refractivity contribution in [2.45, 2.75) is 19.3 Å². The Labute approximate surface area is 296 Å². The molecule has 3 amide bonds. The maximum atomic E-state index is 13.7. The predicted octanol–water partition coefficient (Wildman–Crippen LogP) is 8.12. The van der Waals surface area contributed by atoms with Crippen LogP contribution in [0.4, 0.5) is 17.1 Å². The second-order valence-corrected chi connectivity index (χ2v) is 12.7. The summed E-state index contributed by atoms with van der Waals surface area (Å²) in [6, 6.07) is 40.3. The molecule has 7 rings (SSSR count). The number of aromatic nitrogens is 3. The molecule has 0 saturated heterocycles. The Kier molecular flexibility index (Phi) is 9.96. The van der Waals surface area contributed by atoms with Gasteiger partial charge in [-0.2, -0.15) is 0 Å². The van der Waals surface area contributed by atoms with Crippen molar-refractivity contribution in [3.8, 4) is 33.8 Å². The molecule has 0 atom stereocenters. The first kappa shape index (κ1) is 33.0. The van der Waals surface area contributed by atoms with E-state index in [1.807, 2.05) is 127 Å². The van der Waals surface area contributed by atoms with E-state index in [4.69, 9.17) is 0 Å². The number of hydrogen-bond acceptors (Lipinski definition) is 6. The number of hydrogen-bond donors (Lipinski definition) is 3. The molecule has 1 aliphatic rings. The van der Waals surface area contributed by atoms with Gasteiger partial charge in [-0.1, -0.05) is 91.0 Å². The first-order chi connectivity index (χ1) is 25.0. The van der Waals surface area contributed by atoms with E-state index in [0.717, 1.165) is 33.8 Å². The lowest BCUT2D eigenvalue weighted by molar-refractivity contribution is -0.129. The van der Waals surface area contributed by atoms with Gasteiger partial charge >= 0.3 is 0 Å². The highest BCUT2D eigenvalue weighted by atomic mass is 16.2. The van der Waals surface area contributed by atoms with Crippen LogP contribution in [0.2, 0.25) is 0 Å². The zero-order valence-electron chi connectivity index (χ0n) is 27.8. The second kappa shape index (κ2) is 15.4. The summed E-state index contributed by atoms with van der Waals surface area (Å²) in [6.45, 7) is 0. The number of amides is 3. The minimum Gasteiger partial charge on any atom is -0.324 e. The van der Waals surface area contributed by atoms with Crippen LogP contribution in [0.15, 0.2) is 146 Å². The molecule has 0 unspecified atom stereocenters. The summed E-state index contributed by atoms with van der Waals surface area (Å²) >= 11 is 0. The van der Waals surface area contributed by atoms with Gasteiger partial charge in [-0.05, 0) is 55.7 Å². The Balaban J connectivity index is 1.06. The molecule has 9 nitrogen and oxygen atoms in total. The molecular weight excluding hydrogens is 637 g/mol. The Morgan fingerprint density at radius 1 is 0.392 bits per heavy atom. The van der Waals surface area contributed by atoms with Crippen LogP contribution in [0, 0.1) is 17.8 Å². The number of pyridine rings is 3. The van der Waals surface area contributed by atoms with Gasteiger partial charge in [-0.25, -0.2) is 0 Å². The molecule has 0 aliphatic heterocycles. The highest BCUT2D eigenvalue weighted by Gasteiger charge is 2.39. The summed E-state index contributed by atoms with van der Waals surface area (Å²) in [4.78, 5) is 54.7. The number of benzene rings is 3. The van der Waals surface area contributed by atoms with Crippen LogP contribution >= 0.6 is 0 Å². The SMILES string of the molecule is O=C(Nc1ccc(-c2ccccc2)nc1)C1CC(C(=O)Nc2ccc(-c3ccccc3)nc2)CC(C(=O)Nc2ccc(-c3ccccc3)nc2)C1. The van der Waals surface area contributed by atoms with E-state index in [1.165, 1.54) is 0 Å². The van der Waals surface area contributed by atoms with Crippen LogP contribution in [-0.4, -0.2) is 32.7 Å². The molecule has 1 saturated carbocycles. The minimum atomic E-state index is -0.587. The van der Waals surface area contributed by atoms with E-state index in [2.05, 4.69) is 30.9 Å². The number of carbonyl (C=O) groups excluding carboxylic acids is 3. The number of carbonyl (C=O) groups is 3. The Hall–Kier alpha value is -6.48. The van der Waals surface area contributed by atoms with E-state index in [9.17, 15) is 14.4 Å². The summed E-state index contributed by atoms with van der Waals surface area (Å²) in [5, 5.41) is 8.90. The van der Waals surface area contributed by atoms with Crippen molar-refractivity contribution in [3.63, 3.8) is 0 Å². The topological polar surface area (TPSA) is 126 Å². The average molecular weight is 673 g/mol. The largest absolute Gasteiger partial charge is 0.324 e. The lowest BCUT2D eigenvalue weighted by atomic mass is 9.74. The highest BCUT2D eigenvalue weighted by Crippen LogP contribution is 2.36. The Morgan fingerprint density at radius 3 is 0.902 bits per heavy atom.